The Morgan fingerprint density at radius 3 is 2.26 bits per heavy atom. The third-order valence-corrected chi connectivity index (χ3v) is 3.89. The number of hydrogen-bond donors (Lipinski definition) is 0. The van der Waals surface area contributed by atoms with Gasteiger partial charge in [0.1, 0.15) is 42.1 Å². The van der Waals surface area contributed by atoms with Gasteiger partial charge in [0.05, 0.1) is 0 Å². The first-order valence-electron chi connectivity index (χ1n) is 8.75. The van der Waals surface area contributed by atoms with Crippen molar-refractivity contribution in [3.05, 3.63) is 78.2 Å². The molecule has 0 saturated heterocycles. The molecule has 0 bridgehead atoms. The summed E-state index contributed by atoms with van der Waals surface area (Å²) in [5.74, 6) is 0.687. The van der Waals surface area contributed by atoms with E-state index in [-0.39, 0.29) is 5.75 Å². The van der Waals surface area contributed by atoms with Crippen LogP contribution in [-0.2, 0) is 4.74 Å². The highest BCUT2D eigenvalue weighted by molar-refractivity contribution is 5.35. The van der Waals surface area contributed by atoms with Crippen LogP contribution in [0, 0.1) is 11.6 Å². The summed E-state index contributed by atoms with van der Waals surface area (Å²) in [6.45, 7) is 4.63. The van der Waals surface area contributed by atoms with Crippen molar-refractivity contribution >= 4 is 0 Å². The van der Waals surface area contributed by atoms with Gasteiger partial charge in [-0.05, 0) is 37.3 Å². The molecule has 0 saturated carbocycles. The highest BCUT2D eigenvalue weighted by Crippen LogP contribution is 2.25. The lowest BCUT2D eigenvalue weighted by Crippen LogP contribution is -2.27. The maximum absolute atomic E-state index is 13.2. The van der Waals surface area contributed by atoms with E-state index in [1.165, 1.54) is 0 Å². The highest BCUT2D eigenvalue weighted by atomic mass is 19.1. The molecule has 1 heterocycles. The van der Waals surface area contributed by atoms with Crippen LogP contribution in [0.5, 0.6) is 17.2 Å². The Morgan fingerprint density at radius 2 is 1.56 bits per heavy atom. The van der Waals surface area contributed by atoms with Gasteiger partial charge in [-0.3, -0.25) is 0 Å². The van der Waals surface area contributed by atoms with Gasteiger partial charge < -0.3 is 19.1 Å². The van der Waals surface area contributed by atoms with E-state index in [9.17, 15) is 8.78 Å². The summed E-state index contributed by atoms with van der Waals surface area (Å²) in [6, 6.07) is 9.85. The van der Waals surface area contributed by atoms with Crippen molar-refractivity contribution in [2.24, 2.45) is 0 Å². The van der Waals surface area contributed by atoms with E-state index in [4.69, 9.17) is 14.2 Å². The molecule has 1 aliphatic rings. The molecule has 0 atom stereocenters. The van der Waals surface area contributed by atoms with Crippen LogP contribution in [0.2, 0.25) is 0 Å². The zero-order valence-corrected chi connectivity index (χ0v) is 15.0. The summed E-state index contributed by atoms with van der Waals surface area (Å²) in [5.41, 5.74) is 0. The third-order valence-electron chi connectivity index (χ3n) is 3.89. The van der Waals surface area contributed by atoms with Crippen LogP contribution in [0.25, 0.3) is 0 Å². The minimum Gasteiger partial charge on any atom is -0.490 e. The summed E-state index contributed by atoms with van der Waals surface area (Å²) in [5, 5.41) is 0. The second-order valence-corrected chi connectivity index (χ2v) is 5.85. The van der Waals surface area contributed by atoms with Crippen LogP contribution in [0.3, 0.4) is 0 Å². The van der Waals surface area contributed by atoms with Gasteiger partial charge in [-0.2, -0.15) is 0 Å². The molecule has 0 radical (unpaired) electrons. The van der Waals surface area contributed by atoms with E-state index < -0.39 is 11.6 Å². The quantitative estimate of drug-likeness (QED) is 0.617. The minimum absolute atomic E-state index is 0.102. The molecule has 2 aromatic carbocycles. The number of nitrogens with zero attached hydrogens (tertiary/aromatic N) is 1. The number of hydrogen-bond acceptors (Lipinski definition) is 4. The van der Waals surface area contributed by atoms with Crippen LogP contribution < -0.4 is 9.47 Å². The number of rotatable bonds is 8. The van der Waals surface area contributed by atoms with Crippen LogP contribution >= 0.6 is 0 Å². The van der Waals surface area contributed by atoms with Gasteiger partial charge in [0.25, 0.3) is 0 Å². The SMILES string of the molecule is CCN1CC=CC=C1OCCOc1ccc(Oc2cc(F)cc(F)c2)cc1. The third kappa shape index (κ3) is 5.48. The molecule has 27 heavy (non-hydrogen) atoms. The summed E-state index contributed by atoms with van der Waals surface area (Å²) in [7, 11) is 0. The van der Waals surface area contributed by atoms with Gasteiger partial charge in [-0.25, -0.2) is 8.78 Å². The molecular weight excluding hydrogens is 352 g/mol. The van der Waals surface area contributed by atoms with Crippen molar-refractivity contribution in [2.45, 2.75) is 6.92 Å². The standard InChI is InChI=1S/C21H21F2NO3/c1-2-24-10-4-3-5-21(24)26-12-11-25-18-6-8-19(9-7-18)27-20-14-16(22)13-17(23)15-20/h3-9,13-15H,2,10-12H2,1H3. The van der Waals surface area contributed by atoms with Gasteiger partial charge in [0.2, 0.25) is 0 Å². The average molecular weight is 373 g/mol. The molecule has 3 rings (SSSR count). The molecule has 0 amide bonds. The van der Waals surface area contributed by atoms with Crippen molar-refractivity contribution in [1.82, 2.24) is 4.90 Å². The van der Waals surface area contributed by atoms with Crippen LogP contribution in [0.4, 0.5) is 8.78 Å². The van der Waals surface area contributed by atoms with E-state index in [1.807, 2.05) is 12.2 Å². The fourth-order valence-corrected chi connectivity index (χ4v) is 2.59. The van der Waals surface area contributed by atoms with Crippen molar-refractivity contribution in [3.63, 3.8) is 0 Å². The number of ether oxygens (including phenoxy) is 3. The Hall–Kier alpha value is -3.02. The Bertz CT molecular complexity index is 798. The molecule has 0 unspecified atom stereocenters. The topological polar surface area (TPSA) is 30.9 Å². The average Bonchev–Trinajstić information content (AvgIpc) is 2.66. The highest BCUT2D eigenvalue weighted by Gasteiger charge is 2.09. The lowest BCUT2D eigenvalue weighted by molar-refractivity contribution is 0.0944. The van der Waals surface area contributed by atoms with Crippen molar-refractivity contribution < 1.29 is 23.0 Å². The van der Waals surface area contributed by atoms with Crippen molar-refractivity contribution in [2.75, 3.05) is 26.3 Å². The number of allylic oxidation sites excluding steroid dienone is 2. The Morgan fingerprint density at radius 1 is 0.889 bits per heavy atom. The molecule has 0 fully saturated rings. The second kappa shape index (κ2) is 9.07. The maximum Gasteiger partial charge on any atom is 0.189 e. The van der Waals surface area contributed by atoms with E-state index in [1.54, 1.807) is 24.3 Å². The molecule has 2 aromatic rings. The molecule has 0 spiro atoms. The smallest absolute Gasteiger partial charge is 0.189 e. The first-order chi connectivity index (χ1) is 13.1. The first-order valence-corrected chi connectivity index (χ1v) is 8.75. The predicted molar refractivity (Wildman–Crippen MR) is 98.8 cm³/mol. The van der Waals surface area contributed by atoms with Crippen molar-refractivity contribution in [3.8, 4) is 17.2 Å². The predicted octanol–water partition coefficient (Wildman–Crippen LogP) is 4.89. The van der Waals surface area contributed by atoms with Crippen LogP contribution in [-0.4, -0.2) is 31.2 Å². The monoisotopic (exact) mass is 373 g/mol. The fourth-order valence-electron chi connectivity index (χ4n) is 2.59. The van der Waals surface area contributed by atoms with Crippen LogP contribution in [0.15, 0.2) is 66.6 Å². The summed E-state index contributed by atoms with van der Waals surface area (Å²) in [6.07, 6.45) is 5.99. The lowest BCUT2D eigenvalue weighted by Gasteiger charge is -2.26. The molecule has 0 aliphatic carbocycles. The maximum atomic E-state index is 13.2. The first kappa shape index (κ1) is 18.8. The lowest BCUT2D eigenvalue weighted by atomic mass is 10.3. The number of likely N-dealkylation sites (N-methyl/N-ethyl adjacent to an activating group) is 1. The second-order valence-electron chi connectivity index (χ2n) is 5.85. The molecule has 6 heteroatoms. The van der Waals surface area contributed by atoms with Crippen LogP contribution in [0.1, 0.15) is 6.92 Å². The molecule has 4 nitrogen and oxygen atoms in total. The minimum atomic E-state index is -0.685. The van der Waals surface area contributed by atoms with Gasteiger partial charge in [-0.1, -0.05) is 12.2 Å². The summed E-state index contributed by atoms with van der Waals surface area (Å²) < 4.78 is 43.2. The summed E-state index contributed by atoms with van der Waals surface area (Å²) in [4.78, 5) is 2.13. The normalized spacial score (nSPS) is 13.3. The Kier molecular flexibility index (Phi) is 6.30. The molecule has 142 valence electrons. The fraction of sp³-hybridized carbons (Fsp3) is 0.238. The van der Waals surface area contributed by atoms with E-state index in [2.05, 4.69) is 17.9 Å². The van der Waals surface area contributed by atoms with E-state index in [0.717, 1.165) is 37.2 Å². The Balaban J connectivity index is 1.46. The van der Waals surface area contributed by atoms with Gasteiger partial charge >= 0.3 is 0 Å². The number of benzene rings is 2. The largest absolute Gasteiger partial charge is 0.490 e. The zero-order valence-electron chi connectivity index (χ0n) is 15.0. The van der Waals surface area contributed by atoms with Crippen molar-refractivity contribution in [1.29, 1.82) is 0 Å². The zero-order chi connectivity index (χ0) is 19.1. The van der Waals surface area contributed by atoms with E-state index >= 15 is 0 Å². The molecule has 0 aromatic heterocycles. The Labute approximate surface area is 157 Å². The summed E-state index contributed by atoms with van der Waals surface area (Å²) >= 11 is 0. The van der Waals surface area contributed by atoms with Gasteiger partial charge in [-0.15, -0.1) is 0 Å². The molecular formula is C21H21F2NO3. The molecule has 1 aliphatic heterocycles. The molecule has 0 N–H and O–H groups in total. The number of halogens is 2. The van der Waals surface area contributed by atoms with Gasteiger partial charge in [0.15, 0.2) is 5.88 Å². The van der Waals surface area contributed by atoms with Gasteiger partial charge in [0, 0.05) is 31.3 Å². The van der Waals surface area contributed by atoms with E-state index in [0.29, 0.717) is 24.7 Å².